The minimum Gasteiger partial charge on any atom is -0.334 e. The molecule has 1 fully saturated rings. The maximum Gasteiger partial charge on any atom is 0.324 e. The Hall–Kier alpha value is -2.37. The highest BCUT2D eigenvalue weighted by Crippen LogP contribution is 2.28. The lowest BCUT2D eigenvalue weighted by atomic mass is 9.83. The molecule has 2 aliphatic rings. The maximum atomic E-state index is 12.6. The van der Waals surface area contributed by atoms with E-state index in [2.05, 4.69) is 5.32 Å². The van der Waals surface area contributed by atoms with Crippen molar-refractivity contribution in [1.82, 2.24) is 10.2 Å². The lowest BCUT2D eigenvalue weighted by Gasteiger charge is -2.38. The highest BCUT2D eigenvalue weighted by atomic mass is 16.2. The van der Waals surface area contributed by atoms with Crippen molar-refractivity contribution in [2.24, 2.45) is 5.41 Å². The number of imide groups is 1. The summed E-state index contributed by atoms with van der Waals surface area (Å²) in [4.78, 5) is 39.9. The number of anilines is 1. The summed E-state index contributed by atoms with van der Waals surface area (Å²) >= 11 is 0. The van der Waals surface area contributed by atoms with E-state index >= 15 is 0 Å². The topological polar surface area (TPSA) is 69.7 Å². The van der Waals surface area contributed by atoms with Crippen molar-refractivity contribution in [2.75, 3.05) is 18.0 Å². The smallest absolute Gasteiger partial charge is 0.324 e. The van der Waals surface area contributed by atoms with Crippen LogP contribution in [0.25, 0.3) is 0 Å². The summed E-state index contributed by atoms with van der Waals surface area (Å²) in [6.45, 7) is 6.32. The molecular formula is C18H23N3O3. The number of fused-ring (bicyclic) bond motifs is 1. The summed E-state index contributed by atoms with van der Waals surface area (Å²) in [5.74, 6) is -0.517. The fourth-order valence-electron chi connectivity index (χ4n) is 3.18. The van der Waals surface area contributed by atoms with Crippen LogP contribution in [-0.4, -0.2) is 41.9 Å². The second-order valence-corrected chi connectivity index (χ2v) is 7.48. The molecule has 6 heteroatoms. The summed E-state index contributed by atoms with van der Waals surface area (Å²) in [5.41, 5.74) is 1.79. The quantitative estimate of drug-likeness (QED) is 0.901. The molecule has 0 aromatic heterocycles. The van der Waals surface area contributed by atoms with Gasteiger partial charge >= 0.3 is 6.03 Å². The zero-order chi connectivity index (χ0) is 17.5. The summed E-state index contributed by atoms with van der Waals surface area (Å²) in [7, 11) is 0. The van der Waals surface area contributed by atoms with E-state index in [1.54, 1.807) is 4.90 Å². The Kier molecular flexibility index (Phi) is 4.07. The molecule has 4 amide bonds. The number of carbonyl (C=O) groups is 3. The van der Waals surface area contributed by atoms with Crippen LogP contribution in [0.5, 0.6) is 0 Å². The number of hydrogen-bond acceptors (Lipinski definition) is 3. The third kappa shape index (κ3) is 3.00. The number of nitrogens with one attached hydrogen (secondary N) is 1. The van der Waals surface area contributed by atoms with E-state index in [0.29, 0.717) is 6.54 Å². The molecule has 0 spiro atoms. The van der Waals surface area contributed by atoms with Crippen LogP contribution in [-0.2, 0) is 16.0 Å². The lowest BCUT2D eigenvalue weighted by Crippen LogP contribution is -2.60. The summed E-state index contributed by atoms with van der Waals surface area (Å²) in [5, 5.41) is 2.85. The van der Waals surface area contributed by atoms with Gasteiger partial charge in [-0.2, -0.15) is 0 Å². The number of hydrogen-bond donors (Lipinski definition) is 1. The minimum atomic E-state index is -0.480. The van der Waals surface area contributed by atoms with Crippen LogP contribution in [0.1, 0.15) is 32.8 Å². The Morgan fingerprint density at radius 2 is 1.96 bits per heavy atom. The van der Waals surface area contributed by atoms with Crippen LogP contribution in [0.2, 0.25) is 0 Å². The molecule has 2 heterocycles. The molecular weight excluding hydrogens is 306 g/mol. The van der Waals surface area contributed by atoms with Gasteiger partial charge in [0, 0.05) is 24.7 Å². The number of carbonyl (C=O) groups excluding carboxylic acids is 3. The highest BCUT2D eigenvalue weighted by Gasteiger charge is 2.39. The van der Waals surface area contributed by atoms with Gasteiger partial charge in [-0.05, 0) is 23.5 Å². The second kappa shape index (κ2) is 5.92. The van der Waals surface area contributed by atoms with Crippen molar-refractivity contribution < 1.29 is 14.4 Å². The summed E-state index contributed by atoms with van der Waals surface area (Å²) in [6, 6.07) is 7.03. The van der Waals surface area contributed by atoms with Crippen molar-refractivity contribution in [1.29, 1.82) is 0 Å². The van der Waals surface area contributed by atoms with E-state index < -0.39 is 6.03 Å². The van der Waals surface area contributed by atoms with Gasteiger partial charge in [0.25, 0.3) is 0 Å². The first-order valence-corrected chi connectivity index (χ1v) is 8.26. The van der Waals surface area contributed by atoms with Gasteiger partial charge in [0.2, 0.25) is 11.8 Å². The Morgan fingerprint density at radius 3 is 2.62 bits per heavy atom. The molecule has 0 unspecified atom stereocenters. The van der Waals surface area contributed by atoms with E-state index in [9.17, 15) is 14.4 Å². The normalized spacial score (nSPS) is 20.9. The van der Waals surface area contributed by atoms with Crippen molar-refractivity contribution in [3.8, 4) is 0 Å². The molecule has 3 rings (SSSR count). The average molecular weight is 329 g/mol. The van der Waals surface area contributed by atoms with Gasteiger partial charge in [-0.3, -0.25) is 14.5 Å². The zero-order valence-corrected chi connectivity index (χ0v) is 14.3. The number of amides is 4. The molecule has 0 radical (unpaired) electrons. The molecule has 6 nitrogen and oxygen atoms in total. The first kappa shape index (κ1) is 16.5. The van der Waals surface area contributed by atoms with Gasteiger partial charge < -0.3 is 10.2 Å². The highest BCUT2D eigenvalue weighted by molar-refractivity contribution is 6.04. The molecule has 1 aromatic carbocycles. The molecule has 2 aliphatic heterocycles. The molecule has 24 heavy (non-hydrogen) atoms. The maximum absolute atomic E-state index is 12.6. The monoisotopic (exact) mass is 329 g/mol. The van der Waals surface area contributed by atoms with Crippen molar-refractivity contribution in [3.63, 3.8) is 0 Å². The van der Waals surface area contributed by atoms with Gasteiger partial charge in [-0.1, -0.05) is 39.0 Å². The van der Waals surface area contributed by atoms with E-state index in [0.717, 1.165) is 22.6 Å². The first-order valence-electron chi connectivity index (χ1n) is 8.26. The molecule has 1 atom stereocenters. The van der Waals surface area contributed by atoms with Crippen LogP contribution in [0.15, 0.2) is 24.3 Å². The SMILES string of the molecule is CC(C)(C)[C@@H]1CC(=O)N(CC(=O)N2CCc3ccccc32)C(=O)N1. The molecule has 1 aromatic rings. The van der Waals surface area contributed by atoms with Crippen LogP contribution in [0.3, 0.4) is 0 Å². The largest absolute Gasteiger partial charge is 0.334 e. The average Bonchev–Trinajstić information content (AvgIpc) is 2.93. The van der Waals surface area contributed by atoms with Gasteiger partial charge in [0.1, 0.15) is 6.54 Å². The summed E-state index contributed by atoms with van der Waals surface area (Å²) in [6.07, 6.45) is 1.02. The molecule has 1 saturated heterocycles. The molecule has 0 aliphatic carbocycles. The van der Waals surface area contributed by atoms with Crippen LogP contribution >= 0.6 is 0 Å². The predicted molar refractivity (Wildman–Crippen MR) is 90.6 cm³/mol. The third-order valence-corrected chi connectivity index (χ3v) is 4.75. The number of urea groups is 1. The Labute approximate surface area is 141 Å². The predicted octanol–water partition coefficient (Wildman–Crippen LogP) is 1.93. The van der Waals surface area contributed by atoms with Crippen molar-refractivity contribution in [2.45, 2.75) is 39.7 Å². The van der Waals surface area contributed by atoms with E-state index in [1.165, 1.54) is 0 Å². The van der Waals surface area contributed by atoms with Crippen LogP contribution < -0.4 is 10.2 Å². The van der Waals surface area contributed by atoms with Crippen molar-refractivity contribution in [3.05, 3.63) is 29.8 Å². The van der Waals surface area contributed by atoms with Crippen LogP contribution in [0, 0.1) is 5.41 Å². The zero-order valence-electron chi connectivity index (χ0n) is 14.3. The van der Waals surface area contributed by atoms with E-state index in [4.69, 9.17) is 0 Å². The molecule has 0 saturated carbocycles. The number of para-hydroxylation sites is 1. The minimum absolute atomic E-state index is 0.199. The lowest BCUT2D eigenvalue weighted by molar-refractivity contribution is -0.134. The third-order valence-electron chi connectivity index (χ3n) is 4.75. The Morgan fingerprint density at radius 1 is 1.25 bits per heavy atom. The van der Waals surface area contributed by atoms with E-state index in [-0.39, 0.29) is 36.2 Å². The fraction of sp³-hybridized carbons (Fsp3) is 0.500. The van der Waals surface area contributed by atoms with Crippen LogP contribution in [0.4, 0.5) is 10.5 Å². The molecule has 1 N–H and O–H groups in total. The van der Waals surface area contributed by atoms with Gasteiger partial charge in [-0.15, -0.1) is 0 Å². The van der Waals surface area contributed by atoms with Gasteiger partial charge in [-0.25, -0.2) is 4.79 Å². The van der Waals surface area contributed by atoms with E-state index in [1.807, 2.05) is 45.0 Å². The number of benzene rings is 1. The van der Waals surface area contributed by atoms with Gasteiger partial charge in [0.05, 0.1) is 0 Å². The standard InChI is InChI=1S/C18H23N3O3/c1-18(2,3)14-10-15(22)21(17(24)19-14)11-16(23)20-9-8-12-6-4-5-7-13(12)20/h4-7,14H,8-11H2,1-3H3,(H,19,24)/t14-/m0/s1. The second-order valence-electron chi connectivity index (χ2n) is 7.48. The fourth-order valence-corrected chi connectivity index (χ4v) is 3.18. The molecule has 128 valence electrons. The van der Waals surface area contributed by atoms with Gasteiger partial charge in [0.15, 0.2) is 0 Å². The summed E-state index contributed by atoms with van der Waals surface area (Å²) < 4.78 is 0. The Bertz CT molecular complexity index is 675. The molecule has 0 bridgehead atoms. The first-order chi connectivity index (χ1) is 11.3. The number of nitrogens with zero attached hydrogens (tertiary/aromatic N) is 2. The number of rotatable bonds is 2. The Balaban J connectivity index is 1.70. The van der Waals surface area contributed by atoms with Crippen molar-refractivity contribution >= 4 is 23.5 Å².